The number of nitrogens with one attached hydrogen (secondary N) is 2. The molecule has 1 aliphatic heterocycles. The summed E-state index contributed by atoms with van der Waals surface area (Å²) >= 11 is 0. The minimum atomic E-state index is -3.93. The maximum atomic E-state index is 13.5. The zero-order valence-corrected chi connectivity index (χ0v) is 22.1. The van der Waals surface area contributed by atoms with E-state index in [0.717, 1.165) is 49.9 Å². The predicted molar refractivity (Wildman–Crippen MR) is 143 cm³/mol. The van der Waals surface area contributed by atoms with Crippen LogP contribution in [-0.2, 0) is 21.2 Å². The van der Waals surface area contributed by atoms with Gasteiger partial charge >= 0.3 is 0 Å². The van der Waals surface area contributed by atoms with Gasteiger partial charge in [0.05, 0.1) is 11.1 Å². The first-order chi connectivity index (χ1) is 18.4. The van der Waals surface area contributed by atoms with Crippen molar-refractivity contribution in [2.24, 2.45) is 5.92 Å². The van der Waals surface area contributed by atoms with E-state index in [1.807, 2.05) is 0 Å². The summed E-state index contributed by atoms with van der Waals surface area (Å²) in [6.45, 7) is 1.69. The second-order valence-electron chi connectivity index (χ2n) is 10.1. The highest BCUT2D eigenvalue weighted by Gasteiger charge is 2.29. The van der Waals surface area contributed by atoms with Gasteiger partial charge in [-0.2, -0.15) is 4.72 Å². The average Bonchev–Trinajstić information content (AvgIpc) is 3.59. The van der Waals surface area contributed by atoms with Gasteiger partial charge in [0.1, 0.15) is 11.9 Å². The molecular weight excluding hydrogens is 507 g/mol. The van der Waals surface area contributed by atoms with Crippen LogP contribution in [0, 0.1) is 11.7 Å². The molecular formula is C28H33FN4O4S. The second kappa shape index (κ2) is 11.7. The van der Waals surface area contributed by atoms with Crippen LogP contribution in [0.5, 0.6) is 0 Å². The zero-order chi connectivity index (χ0) is 26.5. The van der Waals surface area contributed by atoms with Crippen molar-refractivity contribution >= 4 is 21.6 Å². The Morgan fingerprint density at radius 2 is 1.92 bits per heavy atom. The summed E-state index contributed by atoms with van der Waals surface area (Å²) in [5.74, 6) is 0.277. The van der Waals surface area contributed by atoms with E-state index in [0.29, 0.717) is 36.8 Å². The molecule has 1 aromatic heterocycles. The van der Waals surface area contributed by atoms with E-state index in [1.54, 1.807) is 30.5 Å². The maximum Gasteiger partial charge on any atom is 0.241 e. The van der Waals surface area contributed by atoms with Gasteiger partial charge in [0, 0.05) is 30.9 Å². The van der Waals surface area contributed by atoms with Gasteiger partial charge in [-0.05, 0) is 66.8 Å². The number of hydrogen-bond acceptors (Lipinski definition) is 6. The van der Waals surface area contributed by atoms with Gasteiger partial charge in [-0.15, -0.1) is 0 Å². The molecule has 10 heteroatoms. The Balaban J connectivity index is 1.24. The molecule has 2 aliphatic rings. The van der Waals surface area contributed by atoms with Gasteiger partial charge in [-0.1, -0.05) is 32.1 Å². The molecule has 1 aliphatic carbocycles. The first-order valence-electron chi connectivity index (χ1n) is 13.2. The lowest BCUT2D eigenvalue weighted by Crippen LogP contribution is -2.49. The number of nitrogens with zero attached hydrogens (tertiary/aromatic N) is 2. The zero-order valence-electron chi connectivity index (χ0n) is 21.2. The Morgan fingerprint density at radius 1 is 1.13 bits per heavy atom. The molecule has 202 valence electrons. The molecule has 1 amide bonds. The van der Waals surface area contributed by atoms with E-state index >= 15 is 0 Å². The number of carbonyl (C=O) groups excluding carboxylic acids is 1. The number of halogens is 1. The van der Waals surface area contributed by atoms with Crippen molar-refractivity contribution in [3.63, 3.8) is 0 Å². The van der Waals surface area contributed by atoms with E-state index in [1.165, 1.54) is 31.0 Å². The molecule has 5 rings (SSSR count). The molecule has 0 bridgehead atoms. The normalized spacial score (nSPS) is 16.8. The second-order valence-corrected chi connectivity index (χ2v) is 11.8. The quantitative estimate of drug-likeness (QED) is 0.398. The molecule has 1 fully saturated rings. The highest BCUT2D eigenvalue weighted by Crippen LogP contribution is 2.29. The summed E-state index contributed by atoms with van der Waals surface area (Å²) in [5, 5.41) is 2.94. The number of amides is 1. The smallest absolute Gasteiger partial charge is 0.241 e. The van der Waals surface area contributed by atoms with E-state index in [2.05, 4.69) is 19.9 Å². The van der Waals surface area contributed by atoms with Crippen LogP contribution in [0.2, 0.25) is 0 Å². The van der Waals surface area contributed by atoms with Gasteiger partial charge < -0.3 is 14.6 Å². The number of oxazole rings is 1. The number of sulfonamides is 1. The van der Waals surface area contributed by atoms with Crippen molar-refractivity contribution in [3.8, 4) is 11.3 Å². The number of fused-ring (bicyclic) bond motifs is 1. The lowest BCUT2D eigenvalue weighted by molar-refractivity contribution is -0.123. The molecule has 2 aromatic carbocycles. The van der Waals surface area contributed by atoms with Crippen LogP contribution < -0.4 is 14.9 Å². The predicted octanol–water partition coefficient (Wildman–Crippen LogP) is 4.28. The van der Waals surface area contributed by atoms with Crippen molar-refractivity contribution in [1.29, 1.82) is 0 Å². The lowest BCUT2D eigenvalue weighted by Gasteiger charge is -2.27. The molecule has 0 saturated heterocycles. The Hall–Kier alpha value is -3.24. The molecule has 0 radical (unpaired) electrons. The van der Waals surface area contributed by atoms with Gasteiger partial charge in [0.2, 0.25) is 15.9 Å². The number of anilines is 1. The van der Waals surface area contributed by atoms with E-state index < -0.39 is 16.1 Å². The van der Waals surface area contributed by atoms with Gasteiger partial charge in [0.15, 0.2) is 12.2 Å². The van der Waals surface area contributed by atoms with Crippen molar-refractivity contribution in [2.45, 2.75) is 55.9 Å². The molecule has 2 N–H and O–H groups in total. The minimum Gasteiger partial charge on any atom is -0.444 e. The van der Waals surface area contributed by atoms with Gasteiger partial charge in [-0.3, -0.25) is 4.79 Å². The van der Waals surface area contributed by atoms with Crippen LogP contribution in [0.3, 0.4) is 0 Å². The molecule has 1 atom stereocenters. The Labute approximate surface area is 222 Å². The highest BCUT2D eigenvalue weighted by atomic mass is 32.2. The first-order valence-corrected chi connectivity index (χ1v) is 14.7. The third-order valence-corrected chi connectivity index (χ3v) is 8.99. The SMILES string of the molecule is O=C(NCCN1CCc2cc(F)ccc21)[C@H](CC1CCCCC1)NS(=O)(=O)c1ccc(-c2cnco2)cc1. The number of hydrogen-bond donors (Lipinski definition) is 2. The molecule has 3 aromatic rings. The summed E-state index contributed by atoms with van der Waals surface area (Å²) in [6.07, 6.45) is 9.49. The fourth-order valence-corrected chi connectivity index (χ4v) is 6.69. The van der Waals surface area contributed by atoms with Crippen molar-refractivity contribution in [3.05, 3.63) is 66.4 Å². The van der Waals surface area contributed by atoms with Crippen molar-refractivity contribution in [2.75, 3.05) is 24.5 Å². The number of rotatable bonds is 10. The van der Waals surface area contributed by atoms with E-state index in [9.17, 15) is 17.6 Å². The van der Waals surface area contributed by atoms with Gasteiger partial charge in [0.25, 0.3) is 0 Å². The average molecular weight is 541 g/mol. The largest absolute Gasteiger partial charge is 0.444 e. The van der Waals surface area contributed by atoms with Crippen LogP contribution in [0.4, 0.5) is 10.1 Å². The van der Waals surface area contributed by atoms with Crippen molar-refractivity contribution in [1.82, 2.24) is 15.0 Å². The summed E-state index contributed by atoms with van der Waals surface area (Å²) < 4.78 is 48.0. The molecule has 0 spiro atoms. The van der Waals surface area contributed by atoms with Crippen LogP contribution in [0.15, 0.2) is 64.4 Å². The van der Waals surface area contributed by atoms with E-state index in [-0.39, 0.29) is 16.6 Å². The number of carbonyl (C=O) groups is 1. The minimum absolute atomic E-state index is 0.0862. The lowest BCUT2D eigenvalue weighted by atomic mass is 9.85. The number of benzene rings is 2. The molecule has 2 heterocycles. The monoisotopic (exact) mass is 540 g/mol. The third kappa shape index (κ3) is 6.24. The topological polar surface area (TPSA) is 105 Å². The summed E-state index contributed by atoms with van der Waals surface area (Å²) in [4.78, 5) is 19.4. The molecule has 0 unspecified atom stereocenters. The maximum absolute atomic E-state index is 13.5. The van der Waals surface area contributed by atoms with Crippen LogP contribution in [0.1, 0.15) is 44.1 Å². The Bertz CT molecular complexity index is 1340. The Kier molecular flexibility index (Phi) is 8.09. The highest BCUT2D eigenvalue weighted by molar-refractivity contribution is 7.89. The fourth-order valence-electron chi connectivity index (χ4n) is 5.49. The van der Waals surface area contributed by atoms with Crippen LogP contribution in [-0.4, -0.2) is 45.0 Å². The van der Waals surface area contributed by atoms with Gasteiger partial charge in [-0.25, -0.2) is 17.8 Å². The molecule has 1 saturated carbocycles. The van der Waals surface area contributed by atoms with Crippen LogP contribution in [0.25, 0.3) is 11.3 Å². The number of aromatic nitrogens is 1. The third-order valence-electron chi connectivity index (χ3n) is 7.50. The standard InChI is InChI=1S/C28H33FN4O4S/c29-23-8-11-26-22(17-23)12-14-33(26)15-13-31-28(34)25(16-20-4-2-1-3-5-20)32-38(35,36)24-9-6-21(7-10-24)27-18-30-19-37-27/h6-11,17-20,25,32H,1-5,12-16H2,(H,31,34)/t25-/m0/s1. The summed E-state index contributed by atoms with van der Waals surface area (Å²) in [5.41, 5.74) is 2.66. The summed E-state index contributed by atoms with van der Waals surface area (Å²) in [7, 11) is -3.93. The fraction of sp³-hybridized carbons (Fsp3) is 0.429. The Morgan fingerprint density at radius 3 is 2.66 bits per heavy atom. The molecule has 8 nitrogen and oxygen atoms in total. The van der Waals surface area contributed by atoms with Crippen molar-refractivity contribution < 1.29 is 22.0 Å². The summed E-state index contributed by atoms with van der Waals surface area (Å²) in [6, 6.07) is 10.2. The van der Waals surface area contributed by atoms with E-state index in [4.69, 9.17) is 4.42 Å². The van der Waals surface area contributed by atoms with Crippen LogP contribution >= 0.6 is 0 Å². The molecule has 38 heavy (non-hydrogen) atoms. The first kappa shape index (κ1) is 26.4.